The SMILES string of the molecule is Cc1cc(C)c(-n2cc(/C=C/C(=O)O)c3ccccc32)c(C)c1.O=C(O)/C=C/c1c[nH]c2ccccc12.[HH].[HH]. The van der Waals surface area contributed by atoms with Crippen LogP contribution < -0.4 is 0 Å². The van der Waals surface area contributed by atoms with Crippen LogP contribution in [0.1, 0.15) is 30.7 Å². The molecular formula is C31H32N2O4. The molecule has 0 amide bonds. The number of hydrogen-bond donors (Lipinski definition) is 3. The number of fused-ring (bicyclic) bond motifs is 2. The van der Waals surface area contributed by atoms with Crippen LogP contribution in [0.5, 0.6) is 0 Å². The van der Waals surface area contributed by atoms with Gasteiger partial charge in [0, 0.05) is 49.3 Å². The number of aromatic nitrogens is 2. The largest absolute Gasteiger partial charge is 0.478 e. The summed E-state index contributed by atoms with van der Waals surface area (Å²) in [5.41, 5.74) is 8.69. The Morgan fingerprint density at radius 2 is 1.38 bits per heavy atom. The highest BCUT2D eigenvalue weighted by molar-refractivity contribution is 5.95. The Hall–Kier alpha value is -4.84. The highest BCUT2D eigenvalue weighted by Gasteiger charge is 2.12. The van der Waals surface area contributed by atoms with Crippen LogP contribution in [-0.2, 0) is 9.59 Å². The Morgan fingerprint density at radius 3 is 2.03 bits per heavy atom. The summed E-state index contributed by atoms with van der Waals surface area (Å²) in [7, 11) is 0. The number of H-pyrrole nitrogens is 1. The summed E-state index contributed by atoms with van der Waals surface area (Å²) in [6.07, 6.45) is 9.36. The van der Waals surface area contributed by atoms with E-state index in [1.54, 1.807) is 18.3 Å². The average Bonchev–Trinajstić information content (AvgIpc) is 3.43. The number of hydrogen-bond acceptors (Lipinski definition) is 2. The van der Waals surface area contributed by atoms with Gasteiger partial charge < -0.3 is 19.8 Å². The van der Waals surface area contributed by atoms with Gasteiger partial charge in [-0.3, -0.25) is 0 Å². The highest BCUT2D eigenvalue weighted by Crippen LogP contribution is 2.29. The second kappa shape index (κ2) is 10.8. The average molecular weight is 497 g/mol. The molecule has 0 aliphatic carbocycles. The standard InChI is InChI=1S/C20H19NO2.C11H9NO2.2H2/c1-13-10-14(2)20(15(3)11-13)21-12-16(8-9-19(22)23)17-6-4-5-7-18(17)21;13-11(14)6-5-8-7-12-10-4-2-1-3-9(8)10;;/h4-12H,1-3H3,(H,22,23);1-7,12H,(H,13,14);2*1H/b9-8+;6-5+;;. The van der Waals surface area contributed by atoms with Crippen molar-refractivity contribution in [3.8, 4) is 5.69 Å². The zero-order valence-corrected chi connectivity index (χ0v) is 20.9. The minimum absolute atomic E-state index is 0. The minimum Gasteiger partial charge on any atom is -0.478 e. The molecule has 6 nitrogen and oxygen atoms in total. The fourth-order valence-electron chi connectivity index (χ4n) is 4.63. The van der Waals surface area contributed by atoms with E-state index in [9.17, 15) is 9.59 Å². The summed E-state index contributed by atoms with van der Waals surface area (Å²) in [4.78, 5) is 24.2. The van der Waals surface area contributed by atoms with Crippen molar-refractivity contribution in [1.29, 1.82) is 0 Å². The van der Waals surface area contributed by atoms with Gasteiger partial charge in [0.15, 0.2) is 0 Å². The van der Waals surface area contributed by atoms with E-state index in [2.05, 4.69) is 48.5 Å². The molecular weight excluding hydrogens is 464 g/mol. The molecule has 5 rings (SSSR count). The molecule has 0 bridgehead atoms. The maximum atomic E-state index is 10.8. The number of para-hydroxylation sites is 2. The Labute approximate surface area is 217 Å². The van der Waals surface area contributed by atoms with E-state index in [-0.39, 0.29) is 2.85 Å². The molecule has 0 unspecified atom stereocenters. The molecule has 0 aliphatic heterocycles. The van der Waals surface area contributed by atoms with Crippen LogP contribution in [-0.4, -0.2) is 31.7 Å². The van der Waals surface area contributed by atoms with Crippen LogP contribution in [0.25, 0.3) is 39.6 Å². The van der Waals surface area contributed by atoms with Gasteiger partial charge in [-0.15, -0.1) is 0 Å². The molecule has 0 fully saturated rings. The molecule has 0 aliphatic rings. The summed E-state index contributed by atoms with van der Waals surface area (Å²) < 4.78 is 2.15. The van der Waals surface area contributed by atoms with E-state index < -0.39 is 11.9 Å². The minimum atomic E-state index is -0.940. The van der Waals surface area contributed by atoms with Gasteiger partial charge in [-0.2, -0.15) is 0 Å². The van der Waals surface area contributed by atoms with Gasteiger partial charge in [0.05, 0.1) is 11.2 Å². The summed E-state index contributed by atoms with van der Waals surface area (Å²) in [6.45, 7) is 6.31. The van der Waals surface area contributed by atoms with Crippen molar-refractivity contribution in [2.24, 2.45) is 0 Å². The number of carboxylic acids is 2. The molecule has 37 heavy (non-hydrogen) atoms. The van der Waals surface area contributed by atoms with Crippen LogP contribution >= 0.6 is 0 Å². The molecule has 3 aromatic carbocycles. The summed E-state index contributed by atoms with van der Waals surface area (Å²) in [5.74, 6) is -1.88. The molecule has 190 valence electrons. The smallest absolute Gasteiger partial charge is 0.328 e. The third kappa shape index (κ3) is 5.70. The second-order valence-electron chi connectivity index (χ2n) is 8.85. The predicted octanol–water partition coefficient (Wildman–Crippen LogP) is 7.41. The van der Waals surface area contributed by atoms with Crippen LogP contribution in [0.15, 0.2) is 85.2 Å². The molecule has 2 aromatic heterocycles. The molecule has 2 heterocycles. The molecule has 3 N–H and O–H groups in total. The van der Waals surface area contributed by atoms with E-state index in [0.717, 1.165) is 44.7 Å². The lowest BCUT2D eigenvalue weighted by Crippen LogP contribution is -1.99. The van der Waals surface area contributed by atoms with Crippen LogP contribution in [0.3, 0.4) is 0 Å². The molecule has 0 spiro atoms. The molecule has 6 heteroatoms. The van der Waals surface area contributed by atoms with Crippen molar-refractivity contribution < 1.29 is 22.7 Å². The van der Waals surface area contributed by atoms with E-state index >= 15 is 0 Å². The number of aryl methyl sites for hydroxylation is 3. The highest BCUT2D eigenvalue weighted by atomic mass is 16.4. The first-order chi connectivity index (χ1) is 17.7. The van der Waals surface area contributed by atoms with E-state index in [0.29, 0.717) is 0 Å². The number of benzene rings is 3. The van der Waals surface area contributed by atoms with E-state index in [1.165, 1.54) is 22.8 Å². The van der Waals surface area contributed by atoms with Crippen molar-refractivity contribution in [2.75, 3.05) is 0 Å². The monoisotopic (exact) mass is 496 g/mol. The third-order valence-electron chi connectivity index (χ3n) is 6.05. The van der Waals surface area contributed by atoms with Crippen molar-refractivity contribution in [2.45, 2.75) is 20.8 Å². The maximum Gasteiger partial charge on any atom is 0.328 e. The van der Waals surface area contributed by atoms with E-state index in [4.69, 9.17) is 10.2 Å². The van der Waals surface area contributed by atoms with Crippen molar-refractivity contribution in [1.82, 2.24) is 9.55 Å². The van der Waals surface area contributed by atoms with Crippen LogP contribution in [0.2, 0.25) is 0 Å². The van der Waals surface area contributed by atoms with Gasteiger partial charge in [0.25, 0.3) is 0 Å². The van der Waals surface area contributed by atoms with Crippen molar-refractivity contribution in [3.63, 3.8) is 0 Å². The number of carbonyl (C=O) groups is 2. The Balaban J connectivity index is 0.000000288. The van der Waals surface area contributed by atoms with Crippen LogP contribution in [0, 0.1) is 20.8 Å². The zero-order valence-electron chi connectivity index (χ0n) is 20.9. The molecule has 5 aromatic rings. The first-order valence-corrected chi connectivity index (χ1v) is 11.8. The first-order valence-electron chi connectivity index (χ1n) is 11.8. The summed E-state index contributed by atoms with van der Waals surface area (Å²) in [5, 5.41) is 19.5. The topological polar surface area (TPSA) is 95.3 Å². The third-order valence-corrected chi connectivity index (χ3v) is 6.05. The fourth-order valence-corrected chi connectivity index (χ4v) is 4.63. The first kappa shape index (κ1) is 25.3. The summed E-state index contributed by atoms with van der Waals surface area (Å²) in [6, 6.07) is 20.2. The Kier molecular flexibility index (Phi) is 7.39. The van der Waals surface area contributed by atoms with Crippen molar-refractivity contribution in [3.05, 3.63) is 113 Å². The van der Waals surface area contributed by atoms with Gasteiger partial charge in [0.2, 0.25) is 0 Å². The molecule has 0 saturated carbocycles. The van der Waals surface area contributed by atoms with E-state index in [1.807, 2.05) is 48.7 Å². The predicted molar refractivity (Wildman–Crippen MR) is 153 cm³/mol. The molecule has 0 saturated heterocycles. The fraction of sp³-hybridized carbons (Fsp3) is 0.0968. The number of aliphatic carboxylic acids is 2. The lowest BCUT2D eigenvalue weighted by molar-refractivity contribution is -0.132. The van der Waals surface area contributed by atoms with Crippen LogP contribution in [0.4, 0.5) is 0 Å². The Morgan fingerprint density at radius 1 is 0.811 bits per heavy atom. The number of carboxylic acid groups (broad SMARTS) is 2. The number of aromatic amines is 1. The van der Waals surface area contributed by atoms with Gasteiger partial charge in [-0.1, -0.05) is 54.1 Å². The lowest BCUT2D eigenvalue weighted by atomic mass is 10.0. The zero-order chi connectivity index (χ0) is 26.5. The van der Waals surface area contributed by atoms with Gasteiger partial charge in [0.1, 0.15) is 0 Å². The van der Waals surface area contributed by atoms with Gasteiger partial charge in [-0.25, -0.2) is 9.59 Å². The number of nitrogens with zero attached hydrogens (tertiary/aromatic N) is 1. The Bertz CT molecular complexity index is 1660. The molecule has 0 atom stereocenters. The normalized spacial score (nSPS) is 11.3. The van der Waals surface area contributed by atoms with Gasteiger partial charge >= 0.3 is 11.9 Å². The quantitative estimate of drug-likeness (QED) is 0.221. The molecule has 0 radical (unpaired) electrons. The lowest BCUT2D eigenvalue weighted by Gasteiger charge is -2.14. The van der Waals surface area contributed by atoms with Crippen molar-refractivity contribution >= 4 is 45.9 Å². The second-order valence-corrected chi connectivity index (χ2v) is 8.85. The van der Waals surface area contributed by atoms with Gasteiger partial charge in [-0.05, 0) is 61.7 Å². The maximum absolute atomic E-state index is 10.8. The summed E-state index contributed by atoms with van der Waals surface area (Å²) >= 11 is 0. The number of rotatable bonds is 5. The number of nitrogens with one attached hydrogen (secondary N) is 1.